The van der Waals surface area contributed by atoms with Crippen LogP contribution in [-0.4, -0.2) is 34.1 Å². The van der Waals surface area contributed by atoms with Gasteiger partial charge < -0.3 is 15.2 Å². The van der Waals surface area contributed by atoms with Crippen molar-refractivity contribution in [2.45, 2.75) is 45.6 Å². The van der Waals surface area contributed by atoms with E-state index in [1.807, 2.05) is 26.0 Å². The molecule has 0 aromatic carbocycles. The van der Waals surface area contributed by atoms with Crippen molar-refractivity contribution in [3.63, 3.8) is 0 Å². The fourth-order valence-electron chi connectivity index (χ4n) is 3.24. The number of carbonyl (C=O) groups is 1. The molecule has 3 rings (SSSR count). The molecule has 1 atom stereocenters. The molecule has 7 heteroatoms. The number of amides is 1. The molecule has 1 unspecified atom stereocenters. The Morgan fingerprint density at radius 2 is 2.19 bits per heavy atom. The minimum atomic E-state index is -0.284. The maximum Gasteiger partial charge on any atom is 0.249 e. The molecule has 0 spiro atoms. The summed E-state index contributed by atoms with van der Waals surface area (Å²) >= 11 is 0. The van der Waals surface area contributed by atoms with Gasteiger partial charge in [0.1, 0.15) is 6.04 Å². The van der Waals surface area contributed by atoms with E-state index in [9.17, 15) is 4.79 Å². The highest BCUT2D eigenvalue weighted by atomic mass is 16.5. The van der Waals surface area contributed by atoms with E-state index in [0.717, 1.165) is 37.9 Å². The number of carbonyl (C=O) groups excluding carboxylic acids is 1. The summed E-state index contributed by atoms with van der Waals surface area (Å²) in [6, 6.07) is 3.42. The predicted octanol–water partition coefficient (Wildman–Crippen LogP) is 2.72. The average molecular weight is 357 g/mol. The standard InChI is InChI=1S/C19H27N5O2/c1-13(2)17(22-16(25)6-5-14-7-10-20-11-8-14)19-23-18(24-26-19)15-4-3-9-21-12-15/h3-4,9,12-14,17,20H,5-8,10-11H2,1-2H3,(H,22,25). The van der Waals surface area contributed by atoms with Crippen LogP contribution in [0.1, 0.15) is 51.5 Å². The van der Waals surface area contributed by atoms with E-state index in [2.05, 4.69) is 25.8 Å². The molecule has 2 aromatic rings. The third-order valence-electron chi connectivity index (χ3n) is 4.85. The Morgan fingerprint density at radius 1 is 1.38 bits per heavy atom. The highest BCUT2D eigenvalue weighted by Gasteiger charge is 2.25. The maximum atomic E-state index is 12.4. The summed E-state index contributed by atoms with van der Waals surface area (Å²) in [4.78, 5) is 21.0. The molecule has 1 aliphatic heterocycles. The summed E-state index contributed by atoms with van der Waals surface area (Å²) < 4.78 is 5.43. The van der Waals surface area contributed by atoms with Crippen LogP contribution in [0.3, 0.4) is 0 Å². The first-order valence-corrected chi connectivity index (χ1v) is 9.37. The Balaban J connectivity index is 1.60. The SMILES string of the molecule is CC(C)C(NC(=O)CCC1CCNCC1)c1nc(-c2cccnc2)no1. The molecule has 140 valence electrons. The summed E-state index contributed by atoms with van der Waals surface area (Å²) in [7, 11) is 0. The number of hydrogen-bond acceptors (Lipinski definition) is 6. The minimum absolute atomic E-state index is 0.0448. The van der Waals surface area contributed by atoms with Crippen molar-refractivity contribution in [2.75, 3.05) is 13.1 Å². The Labute approximate surface area is 154 Å². The second-order valence-corrected chi connectivity index (χ2v) is 7.22. The van der Waals surface area contributed by atoms with Crippen LogP contribution < -0.4 is 10.6 Å². The first-order valence-electron chi connectivity index (χ1n) is 9.37. The number of nitrogens with zero attached hydrogens (tertiary/aromatic N) is 3. The van der Waals surface area contributed by atoms with Crippen LogP contribution in [0.15, 0.2) is 29.0 Å². The number of rotatable bonds is 7. The molecule has 1 amide bonds. The van der Waals surface area contributed by atoms with Crippen molar-refractivity contribution < 1.29 is 9.32 Å². The summed E-state index contributed by atoms with van der Waals surface area (Å²) in [5.41, 5.74) is 0.794. The highest BCUT2D eigenvalue weighted by Crippen LogP contribution is 2.24. The zero-order valence-electron chi connectivity index (χ0n) is 15.4. The van der Waals surface area contributed by atoms with Gasteiger partial charge in [0.2, 0.25) is 17.6 Å². The lowest BCUT2D eigenvalue weighted by atomic mass is 9.93. The van der Waals surface area contributed by atoms with Gasteiger partial charge in [-0.3, -0.25) is 9.78 Å². The van der Waals surface area contributed by atoms with Gasteiger partial charge in [-0.25, -0.2) is 0 Å². The zero-order valence-corrected chi connectivity index (χ0v) is 15.4. The fraction of sp³-hybridized carbons (Fsp3) is 0.579. The van der Waals surface area contributed by atoms with Gasteiger partial charge in [-0.05, 0) is 56.3 Å². The van der Waals surface area contributed by atoms with Crippen molar-refractivity contribution in [2.24, 2.45) is 11.8 Å². The van der Waals surface area contributed by atoms with Gasteiger partial charge in [0.05, 0.1) is 0 Å². The maximum absolute atomic E-state index is 12.4. The smallest absolute Gasteiger partial charge is 0.249 e. The van der Waals surface area contributed by atoms with Crippen LogP contribution in [0.5, 0.6) is 0 Å². The lowest BCUT2D eigenvalue weighted by molar-refractivity contribution is -0.122. The number of piperidine rings is 1. The molecule has 0 aliphatic carbocycles. The van der Waals surface area contributed by atoms with Crippen molar-refractivity contribution >= 4 is 5.91 Å². The van der Waals surface area contributed by atoms with Crippen LogP contribution in [0.2, 0.25) is 0 Å². The average Bonchev–Trinajstić information content (AvgIpc) is 3.15. The normalized spacial score (nSPS) is 16.6. The Hall–Kier alpha value is -2.28. The molecule has 0 saturated carbocycles. The van der Waals surface area contributed by atoms with Crippen LogP contribution in [-0.2, 0) is 4.79 Å². The first-order chi connectivity index (χ1) is 12.6. The summed E-state index contributed by atoms with van der Waals surface area (Å²) in [6.07, 6.45) is 7.17. The zero-order chi connectivity index (χ0) is 18.4. The van der Waals surface area contributed by atoms with Gasteiger partial charge in [-0.2, -0.15) is 4.98 Å². The topological polar surface area (TPSA) is 92.9 Å². The van der Waals surface area contributed by atoms with Gasteiger partial charge in [0, 0.05) is 24.4 Å². The molecule has 3 heterocycles. The molecular formula is C19H27N5O2. The third-order valence-corrected chi connectivity index (χ3v) is 4.85. The molecule has 2 N–H and O–H groups in total. The first kappa shape index (κ1) is 18.5. The molecule has 0 radical (unpaired) electrons. The van der Waals surface area contributed by atoms with E-state index in [1.54, 1.807) is 12.4 Å². The molecule has 1 saturated heterocycles. The number of hydrogen-bond donors (Lipinski definition) is 2. The molecule has 1 aliphatic rings. The van der Waals surface area contributed by atoms with Crippen molar-refractivity contribution in [3.05, 3.63) is 30.4 Å². The van der Waals surface area contributed by atoms with E-state index in [0.29, 0.717) is 24.1 Å². The van der Waals surface area contributed by atoms with Gasteiger partial charge in [-0.15, -0.1) is 0 Å². The fourth-order valence-corrected chi connectivity index (χ4v) is 3.24. The highest BCUT2D eigenvalue weighted by molar-refractivity contribution is 5.76. The summed E-state index contributed by atoms with van der Waals surface area (Å²) in [5, 5.41) is 10.5. The van der Waals surface area contributed by atoms with E-state index < -0.39 is 0 Å². The predicted molar refractivity (Wildman–Crippen MR) is 98.1 cm³/mol. The summed E-state index contributed by atoms with van der Waals surface area (Å²) in [6.45, 7) is 6.18. The Bertz CT molecular complexity index is 695. The summed E-state index contributed by atoms with van der Waals surface area (Å²) in [5.74, 6) is 1.76. The van der Waals surface area contributed by atoms with Crippen LogP contribution in [0.25, 0.3) is 11.4 Å². The van der Waals surface area contributed by atoms with E-state index >= 15 is 0 Å². The number of pyridine rings is 1. The molecule has 26 heavy (non-hydrogen) atoms. The monoisotopic (exact) mass is 357 g/mol. The molecular weight excluding hydrogens is 330 g/mol. The van der Waals surface area contributed by atoms with Crippen molar-refractivity contribution in [3.8, 4) is 11.4 Å². The van der Waals surface area contributed by atoms with E-state index in [4.69, 9.17) is 4.52 Å². The molecule has 0 bridgehead atoms. The van der Waals surface area contributed by atoms with Gasteiger partial charge >= 0.3 is 0 Å². The largest absolute Gasteiger partial charge is 0.344 e. The van der Waals surface area contributed by atoms with Crippen LogP contribution in [0.4, 0.5) is 0 Å². The number of nitrogens with one attached hydrogen (secondary N) is 2. The van der Waals surface area contributed by atoms with Crippen LogP contribution in [0, 0.1) is 11.8 Å². The second-order valence-electron chi connectivity index (χ2n) is 7.22. The number of aromatic nitrogens is 3. The minimum Gasteiger partial charge on any atom is -0.344 e. The van der Waals surface area contributed by atoms with Gasteiger partial charge in [-0.1, -0.05) is 19.0 Å². The van der Waals surface area contributed by atoms with Gasteiger partial charge in [0.25, 0.3) is 0 Å². The van der Waals surface area contributed by atoms with Crippen molar-refractivity contribution in [1.82, 2.24) is 25.8 Å². The third kappa shape index (κ3) is 4.88. The Morgan fingerprint density at radius 3 is 2.88 bits per heavy atom. The quantitative estimate of drug-likeness (QED) is 0.791. The second kappa shape index (κ2) is 8.89. The van der Waals surface area contributed by atoms with E-state index in [-0.39, 0.29) is 17.9 Å². The van der Waals surface area contributed by atoms with Crippen LogP contribution >= 0.6 is 0 Å². The lowest BCUT2D eigenvalue weighted by Crippen LogP contribution is -2.33. The molecule has 1 fully saturated rings. The van der Waals surface area contributed by atoms with Crippen molar-refractivity contribution in [1.29, 1.82) is 0 Å². The van der Waals surface area contributed by atoms with Gasteiger partial charge in [0.15, 0.2) is 0 Å². The molecule has 2 aromatic heterocycles. The molecule has 7 nitrogen and oxygen atoms in total. The lowest BCUT2D eigenvalue weighted by Gasteiger charge is -2.23. The Kier molecular flexibility index (Phi) is 6.33. The van der Waals surface area contributed by atoms with E-state index in [1.165, 1.54) is 0 Å².